The molecule has 0 amide bonds. The minimum absolute atomic E-state index is 0.480. The van der Waals surface area contributed by atoms with Crippen LogP contribution >= 0.6 is 0 Å². The van der Waals surface area contributed by atoms with Gasteiger partial charge in [-0.25, -0.2) is 4.98 Å². The van der Waals surface area contributed by atoms with Gasteiger partial charge in [-0.05, 0) is 26.2 Å². The molecule has 1 aliphatic carbocycles. The Kier molecular flexibility index (Phi) is 4.57. The average Bonchev–Trinajstić information content (AvgIpc) is 2.70. The van der Waals surface area contributed by atoms with Gasteiger partial charge in [0.05, 0.1) is 12.6 Å². The molecule has 1 fully saturated rings. The van der Waals surface area contributed by atoms with Crippen molar-refractivity contribution in [3.63, 3.8) is 0 Å². The molecule has 0 spiro atoms. The molecule has 4 heteroatoms. The largest absolute Gasteiger partial charge is 0.378 e. The molecule has 4 nitrogen and oxygen atoms in total. The monoisotopic (exact) mass is 237 g/mol. The van der Waals surface area contributed by atoms with Gasteiger partial charge in [-0.2, -0.15) is 0 Å². The zero-order chi connectivity index (χ0) is 12.1. The van der Waals surface area contributed by atoms with Crippen molar-refractivity contribution >= 4 is 0 Å². The summed E-state index contributed by atoms with van der Waals surface area (Å²) in [6, 6.07) is 0.610. The zero-order valence-electron chi connectivity index (χ0n) is 10.9. The molecule has 1 saturated carbocycles. The molecule has 1 aromatic rings. The average molecular weight is 237 g/mol. The number of rotatable bonds is 7. The molecule has 0 atom stereocenters. The van der Waals surface area contributed by atoms with Crippen LogP contribution in [0.1, 0.15) is 38.9 Å². The fraction of sp³-hybridized carbons (Fsp3) is 0.769. The van der Waals surface area contributed by atoms with Gasteiger partial charge in [0.15, 0.2) is 0 Å². The van der Waals surface area contributed by atoms with Crippen LogP contribution in [-0.4, -0.2) is 28.3 Å². The Bertz CT molecular complexity index is 331. The molecule has 1 heterocycles. The first-order valence-electron chi connectivity index (χ1n) is 6.68. The van der Waals surface area contributed by atoms with E-state index in [1.807, 2.05) is 6.20 Å². The summed E-state index contributed by atoms with van der Waals surface area (Å²) in [5.74, 6) is 1.15. The summed E-state index contributed by atoms with van der Waals surface area (Å²) >= 11 is 0. The van der Waals surface area contributed by atoms with Crippen LogP contribution in [0.25, 0.3) is 0 Å². The van der Waals surface area contributed by atoms with E-state index in [-0.39, 0.29) is 0 Å². The van der Waals surface area contributed by atoms with E-state index in [9.17, 15) is 0 Å². The van der Waals surface area contributed by atoms with E-state index in [0.717, 1.165) is 44.8 Å². The molecule has 1 aliphatic rings. The number of hydrogen-bond acceptors (Lipinski definition) is 3. The lowest BCUT2D eigenvalue weighted by Gasteiger charge is -2.35. The van der Waals surface area contributed by atoms with Gasteiger partial charge in [-0.15, -0.1) is 0 Å². The number of imidazole rings is 1. The summed E-state index contributed by atoms with van der Waals surface area (Å²) in [4.78, 5) is 4.39. The highest BCUT2D eigenvalue weighted by Crippen LogP contribution is 2.23. The van der Waals surface area contributed by atoms with Crippen LogP contribution in [0, 0.1) is 0 Å². The van der Waals surface area contributed by atoms with E-state index in [0.29, 0.717) is 12.1 Å². The predicted molar refractivity (Wildman–Crippen MR) is 67.8 cm³/mol. The van der Waals surface area contributed by atoms with Gasteiger partial charge in [0, 0.05) is 31.6 Å². The highest BCUT2D eigenvalue weighted by Gasteiger charge is 2.29. The van der Waals surface area contributed by atoms with Crippen LogP contribution in [0.15, 0.2) is 12.4 Å². The smallest absolute Gasteiger partial charge is 0.122 e. The van der Waals surface area contributed by atoms with Crippen LogP contribution in [0.2, 0.25) is 0 Å². The molecule has 1 aromatic heterocycles. The topological polar surface area (TPSA) is 39.1 Å². The van der Waals surface area contributed by atoms with E-state index in [1.54, 1.807) is 0 Å². The molecule has 1 N–H and O–H groups in total. The predicted octanol–water partition coefficient (Wildman–Crippen LogP) is 1.95. The molecular weight excluding hydrogens is 214 g/mol. The maximum Gasteiger partial charge on any atom is 0.122 e. The van der Waals surface area contributed by atoms with E-state index < -0.39 is 0 Å². The van der Waals surface area contributed by atoms with Crippen molar-refractivity contribution in [1.82, 2.24) is 14.9 Å². The van der Waals surface area contributed by atoms with Gasteiger partial charge in [0.2, 0.25) is 0 Å². The third kappa shape index (κ3) is 3.30. The summed E-state index contributed by atoms with van der Waals surface area (Å²) in [6.07, 6.45) is 7.86. The molecular formula is C13H23N3O. The number of aromatic nitrogens is 2. The van der Waals surface area contributed by atoms with E-state index in [2.05, 4.69) is 34.9 Å². The zero-order valence-corrected chi connectivity index (χ0v) is 10.9. The quantitative estimate of drug-likeness (QED) is 0.788. The second-order valence-electron chi connectivity index (χ2n) is 4.66. The number of hydrogen-bond donors (Lipinski definition) is 1. The van der Waals surface area contributed by atoms with Crippen molar-refractivity contribution < 1.29 is 4.74 Å². The Morgan fingerprint density at radius 2 is 2.29 bits per heavy atom. The van der Waals surface area contributed by atoms with Crippen molar-refractivity contribution in [1.29, 1.82) is 0 Å². The molecule has 0 radical (unpaired) electrons. The first-order chi connectivity index (χ1) is 8.33. The van der Waals surface area contributed by atoms with Gasteiger partial charge < -0.3 is 14.6 Å². The molecule has 96 valence electrons. The van der Waals surface area contributed by atoms with Gasteiger partial charge in [-0.1, -0.05) is 6.92 Å². The Balaban J connectivity index is 1.70. The Hall–Kier alpha value is -0.870. The third-order valence-corrected chi connectivity index (χ3v) is 3.31. The Morgan fingerprint density at radius 3 is 3.00 bits per heavy atom. The second kappa shape index (κ2) is 6.17. The summed E-state index contributed by atoms with van der Waals surface area (Å²) in [7, 11) is 0. The molecule has 0 aliphatic heterocycles. The van der Waals surface area contributed by atoms with Crippen LogP contribution < -0.4 is 5.32 Å². The first-order valence-corrected chi connectivity index (χ1v) is 6.68. The van der Waals surface area contributed by atoms with Crippen LogP contribution in [0.4, 0.5) is 0 Å². The van der Waals surface area contributed by atoms with E-state index in [1.165, 1.54) is 0 Å². The molecule has 2 rings (SSSR count). The standard InChI is InChI=1S/C13H23N3O/c1-3-6-16-7-5-14-13(16)10-15-11-8-12(9-11)17-4-2/h5,7,11-12,15H,3-4,6,8-10H2,1-2H3. The van der Waals surface area contributed by atoms with Crippen molar-refractivity contribution in [3.05, 3.63) is 18.2 Å². The lowest BCUT2D eigenvalue weighted by Crippen LogP contribution is -2.45. The maximum atomic E-state index is 5.55. The van der Waals surface area contributed by atoms with Gasteiger partial charge >= 0.3 is 0 Å². The van der Waals surface area contributed by atoms with Crippen molar-refractivity contribution in [2.45, 2.75) is 58.3 Å². The lowest BCUT2D eigenvalue weighted by atomic mass is 9.89. The summed E-state index contributed by atoms with van der Waals surface area (Å²) in [5.41, 5.74) is 0. The van der Waals surface area contributed by atoms with Gasteiger partial charge in [0.25, 0.3) is 0 Å². The normalized spacial score (nSPS) is 23.6. The highest BCUT2D eigenvalue weighted by atomic mass is 16.5. The minimum atomic E-state index is 0.480. The number of nitrogens with one attached hydrogen (secondary N) is 1. The maximum absolute atomic E-state index is 5.55. The van der Waals surface area contributed by atoms with Crippen molar-refractivity contribution in [3.8, 4) is 0 Å². The van der Waals surface area contributed by atoms with Crippen LogP contribution in [0.3, 0.4) is 0 Å². The SMILES string of the molecule is CCCn1ccnc1CNC1CC(OCC)C1. The summed E-state index contributed by atoms with van der Waals surface area (Å²) < 4.78 is 7.77. The molecule has 0 saturated heterocycles. The number of nitrogens with zero attached hydrogens (tertiary/aromatic N) is 2. The van der Waals surface area contributed by atoms with Crippen LogP contribution in [0.5, 0.6) is 0 Å². The molecule has 0 bridgehead atoms. The van der Waals surface area contributed by atoms with E-state index >= 15 is 0 Å². The number of aryl methyl sites for hydroxylation is 1. The van der Waals surface area contributed by atoms with Crippen molar-refractivity contribution in [2.75, 3.05) is 6.61 Å². The second-order valence-corrected chi connectivity index (χ2v) is 4.66. The van der Waals surface area contributed by atoms with E-state index in [4.69, 9.17) is 4.74 Å². The third-order valence-electron chi connectivity index (χ3n) is 3.31. The Labute approximate surface area is 103 Å². The Morgan fingerprint density at radius 1 is 1.47 bits per heavy atom. The number of ether oxygens (including phenoxy) is 1. The summed E-state index contributed by atoms with van der Waals surface area (Å²) in [5, 5.41) is 3.55. The molecule has 0 aromatic carbocycles. The molecule has 17 heavy (non-hydrogen) atoms. The lowest BCUT2D eigenvalue weighted by molar-refractivity contribution is -0.0104. The molecule has 0 unspecified atom stereocenters. The van der Waals surface area contributed by atoms with Crippen molar-refractivity contribution in [2.24, 2.45) is 0 Å². The fourth-order valence-electron chi connectivity index (χ4n) is 2.29. The first kappa shape index (κ1) is 12.6. The van der Waals surface area contributed by atoms with Gasteiger partial charge in [0.1, 0.15) is 5.82 Å². The fourth-order valence-corrected chi connectivity index (χ4v) is 2.29. The van der Waals surface area contributed by atoms with Crippen LogP contribution in [-0.2, 0) is 17.8 Å². The van der Waals surface area contributed by atoms with Gasteiger partial charge in [-0.3, -0.25) is 0 Å². The highest BCUT2D eigenvalue weighted by molar-refractivity contribution is 4.94. The summed E-state index contributed by atoms with van der Waals surface area (Å²) in [6.45, 7) is 7.01. The minimum Gasteiger partial charge on any atom is -0.378 e.